The maximum Gasteiger partial charge on any atom is 0.224 e. The molecule has 2 unspecified atom stereocenters. The van der Waals surface area contributed by atoms with E-state index in [1.807, 2.05) is 18.2 Å². The van der Waals surface area contributed by atoms with Gasteiger partial charge in [-0.3, -0.25) is 9.69 Å². The number of nitrogens with zero attached hydrogens (tertiary/aromatic N) is 1. The summed E-state index contributed by atoms with van der Waals surface area (Å²) in [6.45, 7) is 2.14. The van der Waals surface area contributed by atoms with Gasteiger partial charge in [0.05, 0.1) is 19.1 Å². The van der Waals surface area contributed by atoms with E-state index < -0.39 is 6.10 Å². The van der Waals surface area contributed by atoms with Crippen LogP contribution in [0.2, 0.25) is 0 Å². The highest BCUT2D eigenvalue weighted by Gasteiger charge is 2.32. The number of carbonyl (C=O) groups is 1. The van der Waals surface area contributed by atoms with Crippen molar-refractivity contribution in [2.45, 2.75) is 50.7 Å². The number of ether oxygens (including phenoxy) is 1. The summed E-state index contributed by atoms with van der Waals surface area (Å²) in [7, 11) is 1.60. The average Bonchev–Trinajstić information content (AvgIpc) is 3.17. The average molecular weight is 346 g/mol. The third-order valence-electron chi connectivity index (χ3n) is 5.63. The van der Waals surface area contributed by atoms with Gasteiger partial charge in [0.25, 0.3) is 0 Å². The first-order chi connectivity index (χ1) is 12.2. The summed E-state index contributed by atoms with van der Waals surface area (Å²) in [5, 5.41) is 13.2. The maximum atomic E-state index is 12.5. The van der Waals surface area contributed by atoms with Gasteiger partial charge in [-0.25, -0.2) is 0 Å². The first kappa shape index (κ1) is 18.2. The van der Waals surface area contributed by atoms with Crippen LogP contribution in [0.5, 0.6) is 5.75 Å². The second kappa shape index (κ2) is 8.68. The molecule has 2 atom stereocenters. The lowest BCUT2D eigenvalue weighted by Crippen LogP contribution is -2.38. The van der Waals surface area contributed by atoms with Crippen LogP contribution in [-0.2, 0) is 4.79 Å². The summed E-state index contributed by atoms with van der Waals surface area (Å²) in [4.78, 5) is 15.0. The molecule has 0 radical (unpaired) electrons. The number of nitrogens with one attached hydrogen (secondary N) is 1. The molecule has 2 aliphatic rings. The predicted octanol–water partition coefficient (Wildman–Crippen LogP) is 2.50. The van der Waals surface area contributed by atoms with Gasteiger partial charge in [-0.2, -0.15) is 0 Å². The standard InChI is InChI=1S/C20H30N2O3/c1-25-18-9-5-6-15(12-18)19(23)13-21-20(24)16-10-11-22(14-16)17-7-3-2-4-8-17/h5-6,9,12,16-17,19,23H,2-4,7-8,10-11,13-14H2,1H3,(H,21,24). The Hall–Kier alpha value is -1.59. The smallest absolute Gasteiger partial charge is 0.224 e. The Kier molecular flexibility index (Phi) is 6.32. The molecule has 1 aliphatic carbocycles. The van der Waals surface area contributed by atoms with Gasteiger partial charge in [0.15, 0.2) is 0 Å². The van der Waals surface area contributed by atoms with Crippen LogP contribution in [0.15, 0.2) is 24.3 Å². The van der Waals surface area contributed by atoms with Crippen LogP contribution in [0.25, 0.3) is 0 Å². The fourth-order valence-electron chi connectivity index (χ4n) is 4.09. The lowest BCUT2D eigenvalue weighted by Gasteiger charge is -2.30. The van der Waals surface area contributed by atoms with E-state index in [1.165, 1.54) is 32.1 Å². The highest BCUT2D eigenvalue weighted by atomic mass is 16.5. The molecule has 0 aromatic heterocycles. The van der Waals surface area contributed by atoms with Crippen molar-refractivity contribution in [3.63, 3.8) is 0 Å². The summed E-state index contributed by atoms with van der Waals surface area (Å²) < 4.78 is 5.18. The van der Waals surface area contributed by atoms with Crippen molar-refractivity contribution in [1.82, 2.24) is 10.2 Å². The third-order valence-corrected chi connectivity index (χ3v) is 5.63. The summed E-state index contributed by atoms with van der Waals surface area (Å²) in [5.41, 5.74) is 0.759. The molecule has 1 saturated heterocycles. The molecule has 2 fully saturated rings. The number of aliphatic hydroxyl groups excluding tert-OH is 1. The zero-order valence-electron chi connectivity index (χ0n) is 15.1. The number of rotatable bonds is 6. The van der Waals surface area contributed by atoms with E-state index in [0.29, 0.717) is 11.8 Å². The van der Waals surface area contributed by atoms with Crippen LogP contribution < -0.4 is 10.1 Å². The van der Waals surface area contributed by atoms with Crippen molar-refractivity contribution in [2.24, 2.45) is 5.92 Å². The van der Waals surface area contributed by atoms with Crippen molar-refractivity contribution in [3.8, 4) is 5.75 Å². The maximum absolute atomic E-state index is 12.5. The zero-order chi connectivity index (χ0) is 17.6. The van der Waals surface area contributed by atoms with Crippen LogP contribution >= 0.6 is 0 Å². The Morgan fingerprint density at radius 2 is 2.12 bits per heavy atom. The molecule has 25 heavy (non-hydrogen) atoms. The van der Waals surface area contributed by atoms with E-state index >= 15 is 0 Å². The van der Waals surface area contributed by atoms with Gasteiger partial charge in [0.2, 0.25) is 5.91 Å². The molecule has 0 spiro atoms. The molecule has 1 aromatic carbocycles. The largest absolute Gasteiger partial charge is 0.497 e. The topological polar surface area (TPSA) is 61.8 Å². The van der Waals surface area contributed by atoms with Crippen molar-refractivity contribution in [3.05, 3.63) is 29.8 Å². The number of hydrogen-bond acceptors (Lipinski definition) is 4. The Balaban J connectivity index is 1.46. The molecule has 2 N–H and O–H groups in total. The number of aliphatic hydroxyl groups is 1. The first-order valence-electron chi connectivity index (χ1n) is 9.51. The van der Waals surface area contributed by atoms with Gasteiger partial charge in [0.1, 0.15) is 5.75 Å². The van der Waals surface area contributed by atoms with Gasteiger partial charge in [-0.05, 0) is 43.5 Å². The van der Waals surface area contributed by atoms with Crippen LogP contribution in [0.4, 0.5) is 0 Å². The molecule has 0 bridgehead atoms. The van der Waals surface area contributed by atoms with Gasteiger partial charge in [-0.1, -0.05) is 31.4 Å². The molecule has 1 heterocycles. The highest BCUT2D eigenvalue weighted by Crippen LogP contribution is 2.28. The molecule has 5 heteroatoms. The normalized spacial score (nSPS) is 23.4. The Labute approximate surface area is 150 Å². The molecular formula is C20H30N2O3. The van der Waals surface area contributed by atoms with Crippen LogP contribution in [0.1, 0.15) is 50.2 Å². The predicted molar refractivity (Wildman–Crippen MR) is 97.5 cm³/mol. The van der Waals surface area contributed by atoms with E-state index in [-0.39, 0.29) is 18.4 Å². The van der Waals surface area contributed by atoms with E-state index in [4.69, 9.17) is 4.74 Å². The monoisotopic (exact) mass is 346 g/mol. The Morgan fingerprint density at radius 3 is 2.88 bits per heavy atom. The lowest BCUT2D eigenvalue weighted by atomic mass is 9.94. The quantitative estimate of drug-likeness (QED) is 0.831. The number of carbonyl (C=O) groups excluding carboxylic acids is 1. The summed E-state index contributed by atoms with van der Waals surface area (Å²) in [6.07, 6.45) is 6.78. The number of amides is 1. The minimum Gasteiger partial charge on any atom is -0.497 e. The van der Waals surface area contributed by atoms with Crippen LogP contribution in [-0.4, -0.2) is 48.7 Å². The number of hydrogen-bond donors (Lipinski definition) is 2. The van der Waals surface area contributed by atoms with Gasteiger partial charge < -0.3 is 15.2 Å². The van der Waals surface area contributed by atoms with Crippen LogP contribution in [0, 0.1) is 5.92 Å². The number of likely N-dealkylation sites (tertiary alicyclic amines) is 1. The number of methoxy groups -OCH3 is 1. The summed E-state index contributed by atoms with van der Waals surface area (Å²) >= 11 is 0. The van der Waals surface area contributed by atoms with Gasteiger partial charge in [0, 0.05) is 19.1 Å². The lowest BCUT2D eigenvalue weighted by molar-refractivity contribution is -0.125. The Morgan fingerprint density at radius 1 is 1.32 bits per heavy atom. The highest BCUT2D eigenvalue weighted by molar-refractivity contribution is 5.79. The SMILES string of the molecule is COc1cccc(C(O)CNC(=O)C2CCN(C3CCCCC3)C2)c1. The molecule has 1 saturated carbocycles. The summed E-state index contributed by atoms with van der Waals surface area (Å²) in [5.74, 6) is 0.835. The zero-order valence-corrected chi connectivity index (χ0v) is 15.1. The molecule has 5 nitrogen and oxygen atoms in total. The van der Waals surface area contributed by atoms with Crippen molar-refractivity contribution in [2.75, 3.05) is 26.7 Å². The second-order valence-electron chi connectivity index (χ2n) is 7.31. The molecule has 3 rings (SSSR count). The van der Waals surface area contributed by atoms with Gasteiger partial charge >= 0.3 is 0 Å². The Bertz CT molecular complexity index is 572. The molecule has 1 amide bonds. The van der Waals surface area contributed by atoms with E-state index in [2.05, 4.69) is 10.2 Å². The number of benzene rings is 1. The summed E-state index contributed by atoms with van der Waals surface area (Å²) in [6, 6.07) is 8.01. The fraction of sp³-hybridized carbons (Fsp3) is 0.650. The van der Waals surface area contributed by atoms with Gasteiger partial charge in [-0.15, -0.1) is 0 Å². The minimum atomic E-state index is -0.713. The van der Waals surface area contributed by atoms with E-state index in [0.717, 1.165) is 25.1 Å². The minimum absolute atomic E-state index is 0.0550. The van der Waals surface area contributed by atoms with Crippen molar-refractivity contribution >= 4 is 5.91 Å². The van der Waals surface area contributed by atoms with Crippen molar-refractivity contribution in [1.29, 1.82) is 0 Å². The third kappa shape index (κ3) is 4.73. The molecular weight excluding hydrogens is 316 g/mol. The van der Waals surface area contributed by atoms with Crippen molar-refractivity contribution < 1.29 is 14.6 Å². The first-order valence-corrected chi connectivity index (χ1v) is 9.51. The van der Waals surface area contributed by atoms with Crippen LogP contribution in [0.3, 0.4) is 0 Å². The molecule has 1 aromatic rings. The fourth-order valence-corrected chi connectivity index (χ4v) is 4.09. The van der Waals surface area contributed by atoms with E-state index in [9.17, 15) is 9.90 Å². The van der Waals surface area contributed by atoms with E-state index in [1.54, 1.807) is 13.2 Å². The second-order valence-corrected chi connectivity index (χ2v) is 7.31. The molecule has 1 aliphatic heterocycles. The molecule has 138 valence electrons.